The van der Waals surface area contributed by atoms with E-state index in [1.165, 1.54) is 64.2 Å². The molecule has 4 unspecified atom stereocenters. The molecule has 0 saturated heterocycles. The van der Waals surface area contributed by atoms with Gasteiger partial charge >= 0.3 is 0 Å². The molecule has 0 spiro atoms. The van der Waals surface area contributed by atoms with Crippen molar-refractivity contribution in [2.24, 2.45) is 23.5 Å². The second-order valence-corrected chi connectivity index (χ2v) is 6.21. The lowest BCUT2D eigenvalue weighted by molar-refractivity contribution is 0.268. The first kappa shape index (κ1) is 12.4. The maximum Gasteiger partial charge on any atom is 0.00699 e. The predicted octanol–water partition coefficient (Wildman–Crippen LogP) is 4.11. The molecule has 2 saturated carbocycles. The third-order valence-electron chi connectivity index (χ3n) is 4.98. The number of hydrogen-bond donors (Lipinski definition) is 1. The third kappa shape index (κ3) is 3.00. The first-order valence-corrected chi connectivity index (χ1v) is 7.56. The number of rotatable bonds is 7. The Morgan fingerprint density at radius 3 is 2.50 bits per heavy atom. The second kappa shape index (κ2) is 6.05. The Balaban J connectivity index is 1.59. The molecule has 4 atom stereocenters. The van der Waals surface area contributed by atoms with E-state index in [0.29, 0.717) is 6.04 Å². The SMILES string of the molecule is CCCCCCCC(N)C1CC2CCC1C2. The van der Waals surface area contributed by atoms with Crippen LogP contribution in [0.4, 0.5) is 0 Å². The van der Waals surface area contributed by atoms with Crippen LogP contribution in [0.1, 0.15) is 71.1 Å². The standard InChI is InChI=1S/C15H29N/c1-2-3-4-5-6-7-15(16)14-11-12-8-9-13(14)10-12/h12-15H,2-11,16H2,1H3. The van der Waals surface area contributed by atoms with Gasteiger partial charge in [0.25, 0.3) is 0 Å². The molecule has 0 amide bonds. The van der Waals surface area contributed by atoms with Crippen LogP contribution in [0.3, 0.4) is 0 Å². The van der Waals surface area contributed by atoms with Gasteiger partial charge in [-0.25, -0.2) is 0 Å². The van der Waals surface area contributed by atoms with E-state index >= 15 is 0 Å². The molecule has 2 N–H and O–H groups in total. The molecule has 0 radical (unpaired) electrons. The molecule has 2 bridgehead atoms. The van der Waals surface area contributed by atoms with E-state index < -0.39 is 0 Å². The molecule has 2 rings (SSSR count). The van der Waals surface area contributed by atoms with Crippen LogP contribution in [0.2, 0.25) is 0 Å². The molecule has 94 valence electrons. The molecule has 2 aliphatic rings. The van der Waals surface area contributed by atoms with E-state index in [9.17, 15) is 0 Å². The third-order valence-corrected chi connectivity index (χ3v) is 4.98. The minimum Gasteiger partial charge on any atom is -0.327 e. The Hall–Kier alpha value is -0.0400. The maximum atomic E-state index is 6.38. The number of hydrogen-bond acceptors (Lipinski definition) is 1. The number of nitrogens with two attached hydrogens (primary N) is 1. The summed E-state index contributed by atoms with van der Waals surface area (Å²) < 4.78 is 0. The van der Waals surface area contributed by atoms with E-state index in [-0.39, 0.29) is 0 Å². The Labute approximate surface area is 101 Å². The van der Waals surface area contributed by atoms with Gasteiger partial charge in [-0.2, -0.15) is 0 Å². The summed E-state index contributed by atoms with van der Waals surface area (Å²) >= 11 is 0. The highest BCUT2D eigenvalue weighted by Crippen LogP contribution is 2.49. The van der Waals surface area contributed by atoms with E-state index in [4.69, 9.17) is 5.73 Å². The summed E-state index contributed by atoms with van der Waals surface area (Å²) in [5.74, 6) is 2.96. The van der Waals surface area contributed by atoms with Crippen molar-refractivity contribution in [1.29, 1.82) is 0 Å². The topological polar surface area (TPSA) is 26.0 Å². The lowest BCUT2D eigenvalue weighted by atomic mass is 9.82. The highest BCUT2D eigenvalue weighted by molar-refractivity contribution is 4.94. The van der Waals surface area contributed by atoms with Gasteiger partial charge in [-0.3, -0.25) is 0 Å². The van der Waals surface area contributed by atoms with Crippen molar-refractivity contribution >= 4 is 0 Å². The first-order chi connectivity index (χ1) is 7.81. The minimum absolute atomic E-state index is 0.525. The fourth-order valence-electron chi connectivity index (χ4n) is 4.02. The molecule has 0 aromatic rings. The lowest BCUT2D eigenvalue weighted by Crippen LogP contribution is -2.33. The van der Waals surface area contributed by atoms with Crippen LogP contribution in [-0.4, -0.2) is 6.04 Å². The van der Waals surface area contributed by atoms with Crippen molar-refractivity contribution in [1.82, 2.24) is 0 Å². The van der Waals surface area contributed by atoms with Crippen LogP contribution >= 0.6 is 0 Å². The molecule has 1 nitrogen and oxygen atoms in total. The smallest absolute Gasteiger partial charge is 0.00699 e. The quantitative estimate of drug-likeness (QED) is 0.646. The van der Waals surface area contributed by atoms with Crippen molar-refractivity contribution in [2.75, 3.05) is 0 Å². The molecule has 0 aromatic heterocycles. The van der Waals surface area contributed by atoms with Crippen LogP contribution in [0.25, 0.3) is 0 Å². The Morgan fingerprint density at radius 1 is 1.06 bits per heavy atom. The summed E-state index contributed by atoms with van der Waals surface area (Å²) in [7, 11) is 0. The van der Waals surface area contributed by atoms with E-state index in [1.807, 2.05) is 0 Å². The Bertz CT molecular complexity index is 202. The van der Waals surface area contributed by atoms with E-state index in [0.717, 1.165) is 17.8 Å². The molecule has 0 heterocycles. The molecular formula is C15H29N. The number of fused-ring (bicyclic) bond motifs is 2. The van der Waals surface area contributed by atoms with Crippen molar-refractivity contribution in [2.45, 2.75) is 77.2 Å². The van der Waals surface area contributed by atoms with Crippen molar-refractivity contribution < 1.29 is 0 Å². The summed E-state index contributed by atoms with van der Waals surface area (Å²) in [5, 5.41) is 0. The van der Waals surface area contributed by atoms with Gasteiger partial charge in [0.05, 0.1) is 0 Å². The van der Waals surface area contributed by atoms with Gasteiger partial charge in [-0.05, 0) is 43.4 Å². The van der Waals surface area contributed by atoms with Crippen LogP contribution in [0.5, 0.6) is 0 Å². The maximum absolute atomic E-state index is 6.38. The van der Waals surface area contributed by atoms with Gasteiger partial charge in [-0.1, -0.05) is 45.4 Å². The molecule has 2 fully saturated rings. The first-order valence-electron chi connectivity index (χ1n) is 7.56. The zero-order valence-corrected chi connectivity index (χ0v) is 11.0. The summed E-state index contributed by atoms with van der Waals surface area (Å²) in [6.07, 6.45) is 14.2. The summed E-state index contributed by atoms with van der Waals surface area (Å²) in [6, 6.07) is 0.525. The highest BCUT2D eigenvalue weighted by atomic mass is 14.7. The van der Waals surface area contributed by atoms with Crippen LogP contribution < -0.4 is 5.73 Å². The molecule has 16 heavy (non-hydrogen) atoms. The fraction of sp³-hybridized carbons (Fsp3) is 1.00. The average molecular weight is 223 g/mol. The van der Waals surface area contributed by atoms with Crippen LogP contribution in [0.15, 0.2) is 0 Å². The van der Waals surface area contributed by atoms with Gasteiger partial charge in [0.15, 0.2) is 0 Å². The molecular weight excluding hydrogens is 194 g/mol. The summed E-state index contributed by atoms with van der Waals surface area (Å²) in [4.78, 5) is 0. The zero-order valence-electron chi connectivity index (χ0n) is 11.0. The fourth-order valence-corrected chi connectivity index (χ4v) is 4.02. The van der Waals surface area contributed by atoms with Crippen LogP contribution in [0, 0.1) is 17.8 Å². The van der Waals surface area contributed by atoms with Crippen molar-refractivity contribution in [3.8, 4) is 0 Å². The van der Waals surface area contributed by atoms with E-state index in [1.54, 1.807) is 0 Å². The average Bonchev–Trinajstić information content (AvgIpc) is 2.90. The number of unbranched alkanes of at least 4 members (excludes halogenated alkanes) is 4. The Morgan fingerprint density at radius 2 is 1.88 bits per heavy atom. The van der Waals surface area contributed by atoms with Gasteiger partial charge in [0, 0.05) is 6.04 Å². The molecule has 0 aromatic carbocycles. The summed E-state index contributed by atoms with van der Waals surface area (Å²) in [5.41, 5.74) is 6.38. The molecule has 1 heteroatoms. The zero-order chi connectivity index (χ0) is 11.4. The Kier molecular flexibility index (Phi) is 4.69. The highest BCUT2D eigenvalue weighted by Gasteiger charge is 2.41. The van der Waals surface area contributed by atoms with Gasteiger partial charge in [0.1, 0.15) is 0 Å². The van der Waals surface area contributed by atoms with Gasteiger partial charge in [0.2, 0.25) is 0 Å². The van der Waals surface area contributed by atoms with Gasteiger partial charge < -0.3 is 5.73 Å². The largest absolute Gasteiger partial charge is 0.327 e. The van der Waals surface area contributed by atoms with Gasteiger partial charge in [-0.15, -0.1) is 0 Å². The van der Waals surface area contributed by atoms with Crippen molar-refractivity contribution in [3.05, 3.63) is 0 Å². The summed E-state index contributed by atoms with van der Waals surface area (Å²) in [6.45, 7) is 2.28. The predicted molar refractivity (Wildman–Crippen MR) is 70.3 cm³/mol. The van der Waals surface area contributed by atoms with Crippen molar-refractivity contribution in [3.63, 3.8) is 0 Å². The second-order valence-electron chi connectivity index (χ2n) is 6.21. The normalized spacial score (nSPS) is 34.5. The molecule has 0 aliphatic heterocycles. The minimum atomic E-state index is 0.525. The monoisotopic (exact) mass is 223 g/mol. The van der Waals surface area contributed by atoms with E-state index in [2.05, 4.69) is 6.92 Å². The lowest BCUT2D eigenvalue weighted by Gasteiger charge is -2.27. The van der Waals surface area contributed by atoms with Crippen LogP contribution in [-0.2, 0) is 0 Å². The molecule has 2 aliphatic carbocycles.